The van der Waals surface area contributed by atoms with Gasteiger partial charge in [-0.3, -0.25) is 4.79 Å². The van der Waals surface area contributed by atoms with Gasteiger partial charge in [-0.15, -0.1) is 0 Å². The van der Waals surface area contributed by atoms with Crippen molar-refractivity contribution in [3.63, 3.8) is 0 Å². The van der Waals surface area contributed by atoms with Crippen molar-refractivity contribution in [3.05, 3.63) is 0 Å². The van der Waals surface area contributed by atoms with Gasteiger partial charge in [-0.25, -0.2) is 0 Å². The molecule has 0 spiro atoms. The molecule has 0 saturated carbocycles. The fraction of sp³-hybridized carbons (Fsp3) is 0.917. The minimum absolute atomic E-state index is 0.157. The monoisotopic (exact) mass is 307 g/mol. The molecule has 1 aliphatic heterocycles. The molecule has 0 bridgehead atoms. The molecule has 0 aromatic rings. The van der Waals surface area contributed by atoms with Crippen molar-refractivity contribution < 1.29 is 17.9 Å². The molecule has 1 aliphatic rings. The predicted octanol–water partition coefficient (Wildman–Crippen LogP) is -0.0722. The van der Waals surface area contributed by atoms with E-state index in [1.165, 1.54) is 8.61 Å². The molecule has 1 rings (SSSR count). The first-order chi connectivity index (χ1) is 9.27. The molecule has 1 amide bonds. The van der Waals surface area contributed by atoms with Crippen molar-refractivity contribution in [1.29, 1.82) is 0 Å². The van der Waals surface area contributed by atoms with Crippen molar-refractivity contribution in [1.82, 2.24) is 8.61 Å². The number of nitrogens with zero attached hydrogens (tertiary/aromatic N) is 2. The molecule has 1 fully saturated rings. The zero-order chi connectivity index (χ0) is 15.3. The van der Waals surface area contributed by atoms with Gasteiger partial charge in [-0.2, -0.15) is 17.0 Å². The van der Waals surface area contributed by atoms with Crippen LogP contribution in [-0.2, 0) is 19.7 Å². The van der Waals surface area contributed by atoms with E-state index in [9.17, 15) is 13.2 Å². The number of nitrogens with two attached hydrogens (primary N) is 1. The second-order valence-corrected chi connectivity index (χ2v) is 7.16. The summed E-state index contributed by atoms with van der Waals surface area (Å²) in [5, 5.41) is 0. The molecule has 0 aliphatic carbocycles. The van der Waals surface area contributed by atoms with Crippen LogP contribution in [0.4, 0.5) is 0 Å². The highest BCUT2D eigenvalue weighted by atomic mass is 32.2. The number of hydrogen-bond acceptors (Lipinski definition) is 4. The summed E-state index contributed by atoms with van der Waals surface area (Å²) in [4.78, 5) is 11.1. The van der Waals surface area contributed by atoms with Crippen LogP contribution in [0.25, 0.3) is 0 Å². The Morgan fingerprint density at radius 3 is 2.35 bits per heavy atom. The number of ether oxygens (including phenoxy) is 1. The van der Waals surface area contributed by atoms with Crippen LogP contribution in [0.2, 0.25) is 0 Å². The number of carbonyl (C=O) groups is 1. The molecule has 8 heteroatoms. The van der Waals surface area contributed by atoms with Crippen molar-refractivity contribution in [3.8, 4) is 0 Å². The van der Waals surface area contributed by atoms with Gasteiger partial charge in [0.15, 0.2) is 0 Å². The second kappa shape index (κ2) is 7.35. The Balaban J connectivity index is 2.87. The lowest BCUT2D eigenvalue weighted by molar-refractivity contribution is -0.118. The summed E-state index contributed by atoms with van der Waals surface area (Å²) in [6, 6.07) is 0. The van der Waals surface area contributed by atoms with Crippen molar-refractivity contribution in [2.24, 2.45) is 5.73 Å². The van der Waals surface area contributed by atoms with Gasteiger partial charge in [-0.1, -0.05) is 13.3 Å². The molecule has 118 valence electrons. The SMILES string of the molecule is CCCCN(CC(N)=O)S(=O)(=O)N1C[C@@H](C)O[C@H](C)C1. The largest absolute Gasteiger partial charge is 0.373 e. The van der Waals surface area contributed by atoms with Gasteiger partial charge in [0.05, 0.1) is 18.8 Å². The van der Waals surface area contributed by atoms with E-state index in [2.05, 4.69) is 0 Å². The molecule has 20 heavy (non-hydrogen) atoms. The highest BCUT2D eigenvalue weighted by Crippen LogP contribution is 2.17. The summed E-state index contributed by atoms with van der Waals surface area (Å²) in [5.74, 6) is -0.640. The van der Waals surface area contributed by atoms with Gasteiger partial charge in [0, 0.05) is 19.6 Å². The summed E-state index contributed by atoms with van der Waals surface area (Å²) < 4.78 is 33.3. The smallest absolute Gasteiger partial charge is 0.282 e. The number of morpholine rings is 1. The van der Waals surface area contributed by atoms with E-state index < -0.39 is 16.1 Å². The standard InChI is InChI=1S/C12H25N3O4S/c1-4-5-6-14(9-12(13)16)20(17,18)15-7-10(2)19-11(3)8-15/h10-11H,4-9H2,1-3H3,(H2,13,16)/t10-,11-/m1/s1. The molecular formula is C12H25N3O4S. The maximum absolute atomic E-state index is 12.6. The van der Waals surface area contributed by atoms with Gasteiger partial charge >= 0.3 is 0 Å². The van der Waals surface area contributed by atoms with Crippen molar-refractivity contribution >= 4 is 16.1 Å². The number of amides is 1. The topological polar surface area (TPSA) is 92.9 Å². The van der Waals surface area contributed by atoms with E-state index in [4.69, 9.17) is 10.5 Å². The lowest BCUT2D eigenvalue weighted by atomic mass is 10.3. The maximum Gasteiger partial charge on any atom is 0.282 e. The van der Waals surface area contributed by atoms with Crippen LogP contribution in [0, 0.1) is 0 Å². The van der Waals surface area contributed by atoms with Crippen LogP contribution in [-0.4, -0.2) is 61.3 Å². The first kappa shape index (κ1) is 17.4. The maximum atomic E-state index is 12.6. The Hall–Kier alpha value is -0.700. The molecule has 0 unspecified atom stereocenters. The van der Waals surface area contributed by atoms with E-state index in [1.807, 2.05) is 20.8 Å². The molecule has 0 aromatic heterocycles. The van der Waals surface area contributed by atoms with E-state index in [1.54, 1.807) is 0 Å². The quantitative estimate of drug-likeness (QED) is 0.712. The summed E-state index contributed by atoms with van der Waals surface area (Å²) in [5.41, 5.74) is 5.16. The minimum atomic E-state index is -3.67. The summed E-state index contributed by atoms with van der Waals surface area (Å²) in [7, 11) is -3.67. The van der Waals surface area contributed by atoms with Crippen LogP contribution < -0.4 is 5.73 Å². The third kappa shape index (κ3) is 4.69. The first-order valence-corrected chi connectivity index (χ1v) is 8.36. The third-order valence-corrected chi connectivity index (χ3v) is 5.05. The number of rotatable bonds is 7. The Labute approximate surface area is 121 Å². The fourth-order valence-corrected chi connectivity index (χ4v) is 4.04. The molecule has 2 atom stereocenters. The Bertz CT molecular complexity index is 416. The van der Waals surface area contributed by atoms with Crippen LogP contribution in [0.1, 0.15) is 33.6 Å². The van der Waals surface area contributed by atoms with Crippen molar-refractivity contribution in [2.45, 2.75) is 45.8 Å². The lowest BCUT2D eigenvalue weighted by Crippen LogP contribution is -2.54. The van der Waals surface area contributed by atoms with E-state index >= 15 is 0 Å². The van der Waals surface area contributed by atoms with Crippen LogP contribution in [0.15, 0.2) is 0 Å². The van der Waals surface area contributed by atoms with Gasteiger partial charge in [0.1, 0.15) is 0 Å². The zero-order valence-electron chi connectivity index (χ0n) is 12.4. The Morgan fingerprint density at radius 2 is 1.90 bits per heavy atom. The third-order valence-electron chi connectivity index (χ3n) is 3.13. The highest BCUT2D eigenvalue weighted by molar-refractivity contribution is 7.86. The summed E-state index contributed by atoms with van der Waals surface area (Å²) >= 11 is 0. The Kier molecular flexibility index (Phi) is 6.38. The molecule has 1 saturated heterocycles. The van der Waals surface area contributed by atoms with Gasteiger partial charge in [0.25, 0.3) is 10.2 Å². The molecule has 7 nitrogen and oxygen atoms in total. The van der Waals surface area contributed by atoms with Gasteiger partial charge in [-0.05, 0) is 20.3 Å². The Morgan fingerprint density at radius 1 is 1.35 bits per heavy atom. The molecule has 2 N–H and O–H groups in total. The number of hydrogen-bond donors (Lipinski definition) is 1. The van der Waals surface area contributed by atoms with Crippen LogP contribution >= 0.6 is 0 Å². The van der Waals surface area contributed by atoms with Crippen molar-refractivity contribution in [2.75, 3.05) is 26.2 Å². The highest BCUT2D eigenvalue weighted by Gasteiger charge is 2.35. The summed E-state index contributed by atoms with van der Waals surface area (Å²) in [6.07, 6.45) is 1.23. The van der Waals surface area contributed by atoms with Crippen LogP contribution in [0.5, 0.6) is 0 Å². The number of primary amides is 1. The number of carbonyl (C=O) groups excluding carboxylic acids is 1. The lowest BCUT2D eigenvalue weighted by Gasteiger charge is -2.37. The normalized spacial score (nSPS) is 25.0. The molecular weight excluding hydrogens is 282 g/mol. The average Bonchev–Trinajstić information content (AvgIpc) is 2.32. The van der Waals surface area contributed by atoms with E-state index in [-0.39, 0.29) is 18.8 Å². The van der Waals surface area contributed by atoms with E-state index in [0.29, 0.717) is 26.1 Å². The molecule has 0 radical (unpaired) electrons. The van der Waals surface area contributed by atoms with Gasteiger partial charge < -0.3 is 10.5 Å². The van der Waals surface area contributed by atoms with E-state index in [0.717, 1.165) is 6.42 Å². The average molecular weight is 307 g/mol. The fourth-order valence-electron chi connectivity index (χ4n) is 2.27. The van der Waals surface area contributed by atoms with Crippen LogP contribution in [0.3, 0.4) is 0 Å². The second-order valence-electron chi connectivity index (χ2n) is 5.24. The minimum Gasteiger partial charge on any atom is -0.373 e. The first-order valence-electron chi connectivity index (χ1n) is 6.96. The predicted molar refractivity (Wildman–Crippen MR) is 76.2 cm³/mol. The number of unbranched alkanes of at least 4 members (excludes halogenated alkanes) is 1. The summed E-state index contributed by atoms with van der Waals surface area (Å²) in [6.45, 7) is 6.27. The zero-order valence-corrected chi connectivity index (χ0v) is 13.2. The van der Waals surface area contributed by atoms with Gasteiger partial charge in [0.2, 0.25) is 5.91 Å². The molecule has 1 heterocycles. The molecule has 0 aromatic carbocycles.